The van der Waals surface area contributed by atoms with Gasteiger partial charge in [0.05, 0.1) is 18.8 Å². The van der Waals surface area contributed by atoms with E-state index in [1.54, 1.807) is 11.8 Å². The summed E-state index contributed by atoms with van der Waals surface area (Å²) in [7, 11) is -10.1. The van der Waals surface area contributed by atoms with E-state index >= 15 is 0 Å². The van der Waals surface area contributed by atoms with E-state index in [-0.39, 0.29) is 19.4 Å². The van der Waals surface area contributed by atoms with Crippen LogP contribution in [0.1, 0.15) is 32.6 Å². The van der Waals surface area contributed by atoms with Gasteiger partial charge in [-0.15, -0.1) is 4.13 Å². The number of sulfonamides is 1. The fourth-order valence-electron chi connectivity index (χ4n) is 1.28. The number of hydrogen-bond donors (Lipinski definition) is 3. The van der Waals surface area contributed by atoms with Gasteiger partial charge < -0.3 is 4.74 Å². The Morgan fingerprint density at radius 2 is 1.83 bits per heavy atom. The normalized spacial score (nSPS) is 13.8. The van der Waals surface area contributed by atoms with Gasteiger partial charge in [-0.05, 0) is 29.4 Å². The molecule has 0 aromatic heterocycles. The molecule has 0 saturated heterocycles. The maximum absolute atomic E-state index is 12.2. The SMILES string of the molecule is CCCCSCCC(=O)OCCCS(=O)(=O)NS(O)(O)C(F)(F)F. The van der Waals surface area contributed by atoms with Gasteiger partial charge in [-0.2, -0.15) is 24.9 Å². The summed E-state index contributed by atoms with van der Waals surface area (Å²) in [5.74, 6) is 0.144. The summed E-state index contributed by atoms with van der Waals surface area (Å²) in [5.41, 5.74) is -5.50. The zero-order valence-electron chi connectivity index (χ0n) is 13.0. The van der Waals surface area contributed by atoms with Crippen LogP contribution in [0.15, 0.2) is 0 Å². The first-order valence-corrected chi connectivity index (χ1v) is 11.4. The van der Waals surface area contributed by atoms with Crippen molar-refractivity contribution in [3.8, 4) is 0 Å². The van der Waals surface area contributed by atoms with Gasteiger partial charge in [-0.25, -0.2) is 8.42 Å². The van der Waals surface area contributed by atoms with Crippen LogP contribution >= 0.6 is 22.5 Å². The number of halogens is 3. The Morgan fingerprint density at radius 1 is 1.21 bits per heavy atom. The maximum Gasteiger partial charge on any atom is 0.510 e. The van der Waals surface area contributed by atoms with Gasteiger partial charge >= 0.3 is 11.5 Å². The van der Waals surface area contributed by atoms with Crippen molar-refractivity contribution in [2.75, 3.05) is 23.9 Å². The molecular formula is C11H22F3NO6S3. The molecule has 0 spiro atoms. The molecule has 13 heteroatoms. The fourth-order valence-corrected chi connectivity index (χ4v) is 4.91. The van der Waals surface area contributed by atoms with Crippen molar-refractivity contribution in [3.63, 3.8) is 0 Å². The van der Waals surface area contributed by atoms with Crippen molar-refractivity contribution in [1.29, 1.82) is 0 Å². The second-order valence-corrected chi connectivity index (χ2v) is 9.78. The van der Waals surface area contributed by atoms with E-state index in [1.807, 2.05) is 6.92 Å². The average molecular weight is 417 g/mol. The molecule has 0 bridgehead atoms. The van der Waals surface area contributed by atoms with Crippen LogP contribution in [-0.2, 0) is 19.6 Å². The van der Waals surface area contributed by atoms with Crippen LogP contribution in [0.2, 0.25) is 0 Å². The molecule has 24 heavy (non-hydrogen) atoms. The fraction of sp³-hybridized carbons (Fsp3) is 0.909. The summed E-state index contributed by atoms with van der Waals surface area (Å²) in [6.45, 7) is 1.76. The molecule has 3 N–H and O–H groups in total. The summed E-state index contributed by atoms with van der Waals surface area (Å²) in [6, 6.07) is 0. The monoisotopic (exact) mass is 417 g/mol. The number of ether oxygens (including phenoxy) is 1. The molecule has 146 valence electrons. The van der Waals surface area contributed by atoms with Gasteiger partial charge in [-0.3, -0.25) is 13.9 Å². The molecule has 0 aromatic carbocycles. The number of rotatable bonds is 12. The molecule has 0 rings (SSSR count). The third kappa shape index (κ3) is 10.6. The van der Waals surface area contributed by atoms with Gasteiger partial charge in [0.15, 0.2) is 0 Å². The predicted octanol–water partition coefficient (Wildman–Crippen LogP) is 2.95. The molecule has 0 aliphatic rings. The van der Waals surface area contributed by atoms with Crippen molar-refractivity contribution in [3.05, 3.63) is 0 Å². The molecule has 0 saturated carbocycles. The lowest BCUT2D eigenvalue weighted by Crippen LogP contribution is -2.37. The first-order chi connectivity index (χ1) is 10.9. The largest absolute Gasteiger partial charge is 0.510 e. The molecule has 0 aliphatic heterocycles. The Labute approximate surface area is 145 Å². The molecule has 0 radical (unpaired) electrons. The Hall–Kier alpha value is -0.210. The van der Waals surface area contributed by atoms with Gasteiger partial charge in [0, 0.05) is 5.75 Å². The number of unbranched alkanes of at least 4 members (excludes halogenated alkanes) is 1. The molecule has 0 aliphatic carbocycles. The lowest BCUT2D eigenvalue weighted by atomic mass is 10.4. The number of alkyl halides is 3. The third-order valence-electron chi connectivity index (χ3n) is 2.48. The molecule has 0 fully saturated rings. The predicted molar refractivity (Wildman–Crippen MR) is 88.3 cm³/mol. The van der Waals surface area contributed by atoms with E-state index in [0.29, 0.717) is 5.75 Å². The summed E-state index contributed by atoms with van der Waals surface area (Å²) >= 11 is 1.59. The minimum Gasteiger partial charge on any atom is -0.466 e. The highest BCUT2D eigenvalue weighted by molar-refractivity contribution is 8.28. The van der Waals surface area contributed by atoms with Crippen LogP contribution in [0.5, 0.6) is 0 Å². The topological polar surface area (TPSA) is 113 Å². The van der Waals surface area contributed by atoms with Crippen LogP contribution in [0.25, 0.3) is 0 Å². The first-order valence-electron chi connectivity index (χ1n) is 7.00. The van der Waals surface area contributed by atoms with Crippen LogP contribution < -0.4 is 4.13 Å². The van der Waals surface area contributed by atoms with Crippen LogP contribution in [0, 0.1) is 0 Å². The number of carbonyl (C=O) groups is 1. The number of thioether (sulfide) groups is 1. The highest BCUT2D eigenvalue weighted by Crippen LogP contribution is 2.52. The highest BCUT2D eigenvalue weighted by atomic mass is 32.3. The standard InChI is InChI=1S/C11H22F3NO6S3/c1-2-3-7-22-8-5-10(16)21-6-4-9-23(17,18)15-24(19,20)11(12,13)14/h15,19-20H,2-9H2,1H3. The van der Waals surface area contributed by atoms with Gasteiger partial charge in [0.25, 0.3) is 0 Å². The summed E-state index contributed by atoms with van der Waals surface area (Å²) < 4.78 is 82.3. The Bertz CT molecular complexity index is 484. The number of nitrogens with one attached hydrogen (secondary N) is 1. The Morgan fingerprint density at radius 3 is 2.38 bits per heavy atom. The molecule has 0 heterocycles. The second kappa shape index (κ2) is 10.7. The van der Waals surface area contributed by atoms with Crippen molar-refractivity contribution < 1.29 is 40.2 Å². The molecule has 0 atom stereocenters. The molecule has 0 aromatic rings. The van der Waals surface area contributed by atoms with Crippen molar-refractivity contribution in [1.82, 2.24) is 4.13 Å². The van der Waals surface area contributed by atoms with Crippen molar-refractivity contribution in [2.45, 2.75) is 38.1 Å². The van der Waals surface area contributed by atoms with E-state index in [2.05, 4.69) is 0 Å². The van der Waals surface area contributed by atoms with E-state index < -0.39 is 38.0 Å². The van der Waals surface area contributed by atoms with E-state index in [9.17, 15) is 26.4 Å². The van der Waals surface area contributed by atoms with Crippen molar-refractivity contribution >= 4 is 38.5 Å². The van der Waals surface area contributed by atoms with Crippen LogP contribution in [0.3, 0.4) is 0 Å². The molecule has 0 amide bonds. The van der Waals surface area contributed by atoms with Crippen LogP contribution in [0.4, 0.5) is 13.2 Å². The first kappa shape index (κ1) is 23.8. The lowest BCUT2D eigenvalue weighted by molar-refractivity contribution is -0.143. The number of esters is 1. The quantitative estimate of drug-likeness (QED) is 0.330. The zero-order chi connectivity index (χ0) is 18.9. The summed E-state index contributed by atoms with van der Waals surface area (Å²) in [5, 5.41) is 0. The van der Waals surface area contributed by atoms with Crippen LogP contribution in [-0.4, -0.2) is 52.9 Å². The van der Waals surface area contributed by atoms with Gasteiger partial charge in [0.1, 0.15) is 0 Å². The van der Waals surface area contributed by atoms with Gasteiger partial charge in [0.2, 0.25) is 10.0 Å². The highest BCUT2D eigenvalue weighted by Gasteiger charge is 2.48. The molecule has 0 unspecified atom stereocenters. The summed E-state index contributed by atoms with van der Waals surface area (Å²) in [4.78, 5) is 11.3. The zero-order valence-corrected chi connectivity index (χ0v) is 15.5. The van der Waals surface area contributed by atoms with E-state index in [0.717, 1.165) is 22.7 Å². The van der Waals surface area contributed by atoms with E-state index in [4.69, 9.17) is 13.8 Å². The molecule has 7 nitrogen and oxygen atoms in total. The summed E-state index contributed by atoms with van der Waals surface area (Å²) in [6.07, 6.45) is 1.99. The Balaban J connectivity index is 4.00. The van der Waals surface area contributed by atoms with Gasteiger partial charge in [-0.1, -0.05) is 13.3 Å². The smallest absolute Gasteiger partial charge is 0.466 e. The second-order valence-electron chi connectivity index (χ2n) is 4.69. The lowest BCUT2D eigenvalue weighted by Gasteiger charge is -2.33. The number of carbonyl (C=O) groups excluding carboxylic acids is 1. The number of hydrogen-bond acceptors (Lipinski definition) is 7. The van der Waals surface area contributed by atoms with Crippen molar-refractivity contribution in [2.24, 2.45) is 0 Å². The third-order valence-corrected chi connectivity index (χ3v) is 6.97. The van der Waals surface area contributed by atoms with E-state index in [1.165, 1.54) is 0 Å². The Kier molecular flexibility index (Phi) is 10.6. The minimum absolute atomic E-state index is 0.161. The average Bonchev–Trinajstić information content (AvgIpc) is 2.41. The minimum atomic E-state index is -5.50. The molecular weight excluding hydrogens is 395 g/mol. The maximum atomic E-state index is 12.2.